The summed E-state index contributed by atoms with van der Waals surface area (Å²) in [5.74, 6) is -1.70. The van der Waals surface area contributed by atoms with E-state index in [1.54, 1.807) is 12.1 Å². The van der Waals surface area contributed by atoms with Crippen LogP contribution in [0.2, 0.25) is 0 Å². The molecule has 1 N–H and O–H groups in total. The molecule has 0 spiro atoms. The molecule has 0 saturated heterocycles. The van der Waals surface area contributed by atoms with Gasteiger partial charge in [-0.3, -0.25) is 4.79 Å². The lowest BCUT2D eigenvalue weighted by Gasteiger charge is -2.19. The standard InChI is InChI=1S/C12H14O4/c1-12(2,11(14)15)16-10(13)8-9-6-4-3-5-7-9/h3-7H,8H2,1-2H3,(H,14,15). The number of carboxylic acids is 1. The van der Waals surface area contributed by atoms with E-state index >= 15 is 0 Å². The zero-order chi connectivity index (χ0) is 12.2. The number of aliphatic carboxylic acids is 1. The molecule has 0 heterocycles. The van der Waals surface area contributed by atoms with E-state index in [0.29, 0.717) is 0 Å². The average Bonchev–Trinajstić information content (AvgIpc) is 2.17. The molecule has 1 rings (SSSR count). The predicted molar refractivity (Wildman–Crippen MR) is 58.0 cm³/mol. The van der Waals surface area contributed by atoms with Crippen LogP contribution >= 0.6 is 0 Å². The van der Waals surface area contributed by atoms with Crippen molar-refractivity contribution in [2.75, 3.05) is 0 Å². The Morgan fingerprint density at radius 1 is 1.25 bits per heavy atom. The van der Waals surface area contributed by atoms with E-state index in [1.807, 2.05) is 18.2 Å². The molecular weight excluding hydrogens is 208 g/mol. The highest BCUT2D eigenvalue weighted by Gasteiger charge is 2.31. The Morgan fingerprint density at radius 3 is 2.31 bits per heavy atom. The van der Waals surface area contributed by atoms with Crippen molar-refractivity contribution >= 4 is 11.9 Å². The molecule has 0 aliphatic heterocycles. The highest BCUT2D eigenvalue weighted by Crippen LogP contribution is 2.11. The van der Waals surface area contributed by atoms with Crippen LogP contribution in [-0.2, 0) is 20.7 Å². The van der Waals surface area contributed by atoms with Gasteiger partial charge >= 0.3 is 11.9 Å². The van der Waals surface area contributed by atoms with E-state index in [2.05, 4.69) is 0 Å². The van der Waals surface area contributed by atoms with Crippen LogP contribution in [0.3, 0.4) is 0 Å². The van der Waals surface area contributed by atoms with E-state index in [4.69, 9.17) is 9.84 Å². The number of hydrogen-bond acceptors (Lipinski definition) is 3. The van der Waals surface area contributed by atoms with Crippen molar-refractivity contribution in [2.24, 2.45) is 0 Å². The van der Waals surface area contributed by atoms with Gasteiger partial charge in [0.2, 0.25) is 5.60 Å². The fourth-order valence-electron chi connectivity index (χ4n) is 1.13. The van der Waals surface area contributed by atoms with Gasteiger partial charge < -0.3 is 9.84 Å². The number of benzene rings is 1. The summed E-state index contributed by atoms with van der Waals surface area (Å²) < 4.78 is 4.86. The summed E-state index contributed by atoms with van der Waals surface area (Å²) in [7, 11) is 0. The summed E-state index contributed by atoms with van der Waals surface area (Å²) in [6.07, 6.45) is 0.0809. The molecule has 1 aromatic carbocycles. The highest BCUT2D eigenvalue weighted by atomic mass is 16.6. The first-order valence-electron chi connectivity index (χ1n) is 4.91. The van der Waals surface area contributed by atoms with E-state index in [9.17, 15) is 9.59 Å². The molecule has 0 aromatic heterocycles. The summed E-state index contributed by atoms with van der Waals surface area (Å²) >= 11 is 0. The Labute approximate surface area is 93.9 Å². The molecule has 0 bridgehead atoms. The molecule has 0 aliphatic carbocycles. The second-order valence-electron chi connectivity index (χ2n) is 3.95. The van der Waals surface area contributed by atoms with Crippen molar-refractivity contribution in [1.82, 2.24) is 0 Å². The van der Waals surface area contributed by atoms with Crippen LogP contribution in [-0.4, -0.2) is 22.6 Å². The number of rotatable bonds is 4. The molecule has 0 unspecified atom stereocenters. The minimum atomic E-state index is -1.48. The third-order valence-corrected chi connectivity index (χ3v) is 2.08. The van der Waals surface area contributed by atoms with Crippen molar-refractivity contribution in [1.29, 1.82) is 0 Å². The van der Waals surface area contributed by atoms with Crippen molar-refractivity contribution < 1.29 is 19.4 Å². The molecule has 0 atom stereocenters. The fourth-order valence-corrected chi connectivity index (χ4v) is 1.13. The van der Waals surface area contributed by atoms with E-state index < -0.39 is 17.5 Å². The molecule has 0 saturated carbocycles. The molecule has 4 heteroatoms. The van der Waals surface area contributed by atoms with Gasteiger partial charge in [0.05, 0.1) is 6.42 Å². The maximum Gasteiger partial charge on any atom is 0.347 e. The lowest BCUT2D eigenvalue weighted by molar-refractivity contribution is -0.173. The van der Waals surface area contributed by atoms with Gasteiger partial charge in [-0.15, -0.1) is 0 Å². The summed E-state index contributed by atoms with van der Waals surface area (Å²) in [4.78, 5) is 22.2. The summed E-state index contributed by atoms with van der Waals surface area (Å²) in [5.41, 5.74) is -0.681. The van der Waals surface area contributed by atoms with E-state index in [-0.39, 0.29) is 6.42 Å². The fraction of sp³-hybridized carbons (Fsp3) is 0.333. The van der Waals surface area contributed by atoms with Gasteiger partial charge in [-0.05, 0) is 19.4 Å². The Hall–Kier alpha value is -1.84. The molecule has 0 radical (unpaired) electrons. The lowest BCUT2D eigenvalue weighted by Crippen LogP contribution is -2.37. The maximum atomic E-state index is 11.4. The largest absolute Gasteiger partial charge is 0.478 e. The number of carboxylic acid groups (broad SMARTS) is 1. The zero-order valence-corrected chi connectivity index (χ0v) is 9.27. The second-order valence-corrected chi connectivity index (χ2v) is 3.95. The van der Waals surface area contributed by atoms with Crippen molar-refractivity contribution in [2.45, 2.75) is 25.9 Å². The molecule has 0 fully saturated rings. The summed E-state index contributed by atoms with van der Waals surface area (Å²) in [6.45, 7) is 2.69. The summed E-state index contributed by atoms with van der Waals surface area (Å²) in [5, 5.41) is 8.78. The monoisotopic (exact) mass is 222 g/mol. The van der Waals surface area contributed by atoms with Crippen LogP contribution in [0.4, 0.5) is 0 Å². The Bertz CT molecular complexity index is 381. The Kier molecular flexibility index (Phi) is 3.66. The molecule has 0 amide bonds. The normalized spacial score (nSPS) is 10.9. The number of hydrogen-bond donors (Lipinski definition) is 1. The van der Waals surface area contributed by atoms with Crippen LogP contribution in [0.1, 0.15) is 19.4 Å². The van der Waals surface area contributed by atoms with Gasteiger partial charge in [0.25, 0.3) is 0 Å². The molecule has 16 heavy (non-hydrogen) atoms. The Morgan fingerprint density at radius 2 is 1.81 bits per heavy atom. The topological polar surface area (TPSA) is 63.6 Å². The van der Waals surface area contributed by atoms with Crippen LogP contribution in [0.25, 0.3) is 0 Å². The van der Waals surface area contributed by atoms with Gasteiger partial charge in [-0.25, -0.2) is 4.79 Å². The lowest BCUT2D eigenvalue weighted by atomic mass is 10.1. The second kappa shape index (κ2) is 4.79. The first-order chi connectivity index (χ1) is 7.42. The van der Waals surface area contributed by atoms with Gasteiger partial charge in [0, 0.05) is 0 Å². The van der Waals surface area contributed by atoms with Crippen molar-refractivity contribution in [3.63, 3.8) is 0 Å². The highest BCUT2D eigenvalue weighted by molar-refractivity contribution is 5.81. The maximum absolute atomic E-state index is 11.4. The third-order valence-electron chi connectivity index (χ3n) is 2.08. The minimum absolute atomic E-state index is 0.0809. The van der Waals surface area contributed by atoms with E-state index in [1.165, 1.54) is 13.8 Å². The first kappa shape index (κ1) is 12.2. The molecule has 1 aromatic rings. The third kappa shape index (κ3) is 3.38. The molecule has 86 valence electrons. The Balaban J connectivity index is 2.58. The molecule has 0 aliphatic rings. The van der Waals surface area contributed by atoms with Crippen LogP contribution < -0.4 is 0 Å². The average molecular weight is 222 g/mol. The van der Waals surface area contributed by atoms with Crippen LogP contribution in [0.5, 0.6) is 0 Å². The molecular formula is C12H14O4. The van der Waals surface area contributed by atoms with Crippen molar-refractivity contribution in [3.05, 3.63) is 35.9 Å². The number of esters is 1. The van der Waals surface area contributed by atoms with Gasteiger partial charge in [-0.1, -0.05) is 30.3 Å². The van der Waals surface area contributed by atoms with Gasteiger partial charge in [-0.2, -0.15) is 0 Å². The molecule has 4 nitrogen and oxygen atoms in total. The quantitative estimate of drug-likeness (QED) is 0.786. The van der Waals surface area contributed by atoms with Crippen molar-refractivity contribution in [3.8, 4) is 0 Å². The predicted octanol–water partition coefficient (Wildman–Crippen LogP) is 1.64. The van der Waals surface area contributed by atoms with Crippen LogP contribution in [0, 0.1) is 0 Å². The summed E-state index contributed by atoms with van der Waals surface area (Å²) in [6, 6.07) is 9.04. The zero-order valence-electron chi connectivity index (χ0n) is 9.27. The first-order valence-corrected chi connectivity index (χ1v) is 4.91. The van der Waals surface area contributed by atoms with Crippen LogP contribution in [0.15, 0.2) is 30.3 Å². The number of ether oxygens (including phenoxy) is 1. The van der Waals surface area contributed by atoms with Gasteiger partial charge in [0.15, 0.2) is 0 Å². The smallest absolute Gasteiger partial charge is 0.347 e. The SMILES string of the molecule is CC(C)(OC(=O)Cc1ccccc1)C(=O)O. The van der Waals surface area contributed by atoms with Gasteiger partial charge in [0.1, 0.15) is 0 Å². The van der Waals surface area contributed by atoms with E-state index in [0.717, 1.165) is 5.56 Å². The number of carbonyl (C=O) groups is 2. The minimum Gasteiger partial charge on any atom is -0.478 e. The number of carbonyl (C=O) groups excluding carboxylic acids is 1.